The first kappa shape index (κ1) is 29.7. The lowest BCUT2D eigenvalue weighted by molar-refractivity contribution is -0.00504. The summed E-state index contributed by atoms with van der Waals surface area (Å²) in [7, 11) is 0. The van der Waals surface area contributed by atoms with E-state index in [2.05, 4.69) is 31.3 Å². The van der Waals surface area contributed by atoms with Crippen molar-refractivity contribution >= 4 is 51.7 Å². The normalized spacial score (nSPS) is 11.8. The maximum atomic E-state index is 13.4. The van der Waals surface area contributed by atoms with E-state index in [1.165, 1.54) is 53.3 Å². The third-order valence-electron chi connectivity index (χ3n) is 5.79. The van der Waals surface area contributed by atoms with E-state index in [9.17, 15) is 13.7 Å². The predicted octanol–water partition coefficient (Wildman–Crippen LogP) is 7.14. The van der Waals surface area contributed by atoms with Crippen LogP contribution < -0.4 is 20.1 Å². The number of benzene rings is 1. The Labute approximate surface area is 244 Å². The number of carbonyl (C=O) groups excluding carboxylic acids is 1. The van der Waals surface area contributed by atoms with Crippen molar-refractivity contribution in [3.8, 4) is 17.3 Å². The predicted molar refractivity (Wildman–Crippen MR) is 159 cm³/mol. The number of aromatic nitrogens is 4. The number of aromatic amines is 1. The number of nitrogens with one attached hydrogen (secondary N) is 2. The van der Waals surface area contributed by atoms with Crippen LogP contribution in [0, 0.1) is 6.92 Å². The molecule has 0 aliphatic rings. The number of pyridine rings is 1. The van der Waals surface area contributed by atoms with Gasteiger partial charge in [-0.25, -0.2) is 14.1 Å². The molecule has 41 heavy (non-hydrogen) atoms. The highest BCUT2D eigenvalue weighted by Crippen LogP contribution is 2.33. The van der Waals surface area contributed by atoms with Gasteiger partial charge < -0.3 is 20.2 Å². The van der Waals surface area contributed by atoms with E-state index in [-0.39, 0.29) is 35.2 Å². The summed E-state index contributed by atoms with van der Waals surface area (Å²) in [5, 5.41) is 5.22. The molecule has 0 bridgehead atoms. The summed E-state index contributed by atoms with van der Waals surface area (Å²) in [6.45, 7) is 7.00. The molecule has 214 valence electrons. The quantitative estimate of drug-likeness (QED) is 0.0641. The standard InChI is InChI=1S/C28H27ClF2N6O3S/c1-4-8-41-36-22-12-21-18(11-25(22)40-31)10-23(35-21)27(38)20-13-34-37(28(20)32)24-14-33-26(9-16(24)2)39-15-19(29)7-5-6-17(3)30/h5-7,9-14,35-36H,3-4,8,15,32H2,1-2H3/b6-5-,19-7+. The largest absolute Gasteiger partial charge is 0.472 e. The number of nitrogens with zero attached hydrogens (tertiary/aromatic N) is 3. The van der Waals surface area contributed by atoms with Crippen molar-refractivity contribution in [3.05, 3.63) is 89.1 Å². The fourth-order valence-electron chi connectivity index (χ4n) is 3.80. The molecule has 0 radical (unpaired) electrons. The lowest BCUT2D eigenvalue weighted by Gasteiger charge is -2.10. The van der Waals surface area contributed by atoms with Gasteiger partial charge in [-0.2, -0.15) is 5.10 Å². The van der Waals surface area contributed by atoms with Crippen LogP contribution >= 0.6 is 23.5 Å². The van der Waals surface area contributed by atoms with E-state index >= 15 is 0 Å². The zero-order valence-electron chi connectivity index (χ0n) is 22.2. The highest BCUT2D eigenvalue weighted by atomic mass is 35.5. The molecule has 0 amide bonds. The first-order valence-electron chi connectivity index (χ1n) is 12.4. The third-order valence-corrected chi connectivity index (χ3v) is 7.00. The number of hydrogen-bond donors (Lipinski definition) is 3. The summed E-state index contributed by atoms with van der Waals surface area (Å²) in [5.74, 6) is 0.283. The Morgan fingerprint density at radius 1 is 1.32 bits per heavy atom. The Balaban J connectivity index is 1.52. The van der Waals surface area contributed by atoms with Gasteiger partial charge in [0.2, 0.25) is 11.7 Å². The Morgan fingerprint density at radius 3 is 2.83 bits per heavy atom. The van der Waals surface area contributed by atoms with Gasteiger partial charge in [-0.05, 0) is 49.3 Å². The molecule has 0 aliphatic carbocycles. The average molecular weight is 601 g/mol. The van der Waals surface area contributed by atoms with Gasteiger partial charge >= 0.3 is 0 Å². The number of H-pyrrole nitrogens is 1. The SMILES string of the molecule is C=C(F)/C=C\C=C(\Cl)COc1cc(C)c(-n2ncc(C(=O)c3cc4cc(OF)c(NSCCC)cc4[nH]3)c2N)cn1. The maximum absolute atomic E-state index is 13.4. The summed E-state index contributed by atoms with van der Waals surface area (Å²) in [6, 6.07) is 6.45. The number of halogens is 3. The maximum Gasteiger partial charge on any atom is 0.214 e. The first-order valence-corrected chi connectivity index (χ1v) is 13.8. The summed E-state index contributed by atoms with van der Waals surface area (Å²) in [6.07, 6.45) is 7.91. The Bertz CT molecular complexity index is 1650. The van der Waals surface area contributed by atoms with Gasteiger partial charge in [0.1, 0.15) is 18.3 Å². The van der Waals surface area contributed by atoms with E-state index in [0.717, 1.165) is 17.7 Å². The minimum atomic E-state index is -0.588. The molecule has 13 heteroatoms. The van der Waals surface area contributed by atoms with Gasteiger partial charge in [-0.3, -0.25) is 9.74 Å². The zero-order chi connectivity index (χ0) is 29.5. The van der Waals surface area contributed by atoms with Gasteiger partial charge in [-0.1, -0.05) is 43.1 Å². The number of fused-ring (bicyclic) bond motifs is 1. The molecule has 0 fully saturated rings. The van der Waals surface area contributed by atoms with Crippen LogP contribution in [0.4, 0.5) is 20.4 Å². The monoisotopic (exact) mass is 600 g/mol. The third kappa shape index (κ3) is 7.08. The smallest absolute Gasteiger partial charge is 0.214 e. The number of aryl methyl sites for hydroxylation is 1. The van der Waals surface area contributed by atoms with E-state index in [1.807, 2.05) is 13.8 Å². The number of allylic oxidation sites excluding steroid dienone is 4. The van der Waals surface area contributed by atoms with E-state index in [0.29, 0.717) is 33.2 Å². The Hall–Kier alpha value is -4.29. The summed E-state index contributed by atoms with van der Waals surface area (Å²) in [4.78, 5) is 24.7. The second-order valence-electron chi connectivity index (χ2n) is 8.85. The number of nitrogen functional groups attached to an aromatic ring is 1. The Kier molecular flexibility index (Phi) is 9.69. The lowest BCUT2D eigenvalue weighted by Crippen LogP contribution is -2.09. The van der Waals surface area contributed by atoms with Crippen LogP contribution in [-0.4, -0.2) is 37.9 Å². The molecule has 3 aromatic heterocycles. The molecule has 0 atom stereocenters. The van der Waals surface area contributed by atoms with Crippen molar-refractivity contribution in [3.63, 3.8) is 0 Å². The number of hydrogen-bond acceptors (Lipinski definition) is 8. The molecule has 4 rings (SSSR count). The highest BCUT2D eigenvalue weighted by Gasteiger charge is 2.21. The first-order chi connectivity index (χ1) is 19.7. The topological polar surface area (TPSA) is 120 Å². The van der Waals surface area contributed by atoms with Crippen molar-refractivity contribution in [2.24, 2.45) is 0 Å². The number of ether oxygens (including phenoxy) is 1. The summed E-state index contributed by atoms with van der Waals surface area (Å²) < 4.78 is 35.9. The zero-order valence-corrected chi connectivity index (χ0v) is 23.8. The van der Waals surface area contributed by atoms with Crippen molar-refractivity contribution in [1.82, 2.24) is 19.7 Å². The molecule has 4 aromatic rings. The van der Waals surface area contributed by atoms with E-state index in [1.54, 1.807) is 18.2 Å². The molecule has 0 aliphatic heterocycles. The summed E-state index contributed by atoms with van der Waals surface area (Å²) >= 11 is 7.50. The minimum absolute atomic E-state index is 0.0139. The number of anilines is 2. The van der Waals surface area contributed by atoms with Crippen LogP contribution in [0.3, 0.4) is 0 Å². The molecular formula is C28H27ClF2N6O3S. The molecule has 3 heterocycles. The van der Waals surface area contributed by atoms with Crippen molar-refractivity contribution in [2.75, 3.05) is 22.8 Å². The van der Waals surface area contributed by atoms with E-state index in [4.69, 9.17) is 22.1 Å². The van der Waals surface area contributed by atoms with E-state index < -0.39 is 5.83 Å². The van der Waals surface area contributed by atoms with Crippen LogP contribution in [0.5, 0.6) is 11.6 Å². The fraction of sp³-hybridized carbons (Fsp3) is 0.179. The van der Waals surface area contributed by atoms with Crippen molar-refractivity contribution in [1.29, 1.82) is 0 Å². The molecule has 0 saturated carbocycles. The van der Waals surface area contributed by atoms with Gasteiger partial charge in [-0.15, -0.1) is 0 Å². The molecule has 0 spiro atoms. The highest BCUT2D eigenvalue weighted by molar-refractivity contribution is 8.00. The minimum Gasteiger partial charge on any atom is -0.472 e. The average Bonchev–Trinajstić information content (AvgIpc) is 3.54. The Morgan fingerprint density at radius 2 is 2.12 bits per heavy atom. The fourth-order valence-corrected chi connectivity index (χ4v) is 4.55. The summed E-state index contributed by atoms with van der Waals surface area (Å²) in [5.41, 5.74) is 9.10. The van der Waals surface area contributed by atoms with Crippen LogP contribution in [0.15, 0.2) is 72.3 Å². The number of nitrogens with two attached hydrogens (primary N) is 1. The van der Waals surface area contributed by atoms with Crippen molar-refractivity contribution in [2.45, 2.75) is 20.3 Å². The second kappa shape index (κ2) is 13.4. The molecular weight excluding hydrogens is 574 g/mol. The molecule has 0 saturated heterocycles. The number of rotatable bonds is 13. The molecule has 0 unspecified atom stereocenters. The molecule has 4 N–H and O–H groups in total. The van der Waals surface area contributed by atoms with Gasteiger partial charge in [0, 0.05) is 27.2 Å². The van der Waals surface area contributed by atoms with Crippen LogP contribution in [0.1, 0.15) is 35.0 Å². The van der Waals surface area contributed by atoms with Gasteiger partial charge in [0.15, 0.2) is 5.75 Å². The van der Waals surface area contributed by atoms with Crippen LogP contribution in [0.2, 0.25) is 0 Å². The number of carbonyl (C=O) groups is 1. The lowest BCUT2D eigenvalue weighted by atomic mass is 10.1. The molecule has 9 nitrogen and oxygen atoms in total. The second-order valence-corrected chi connectivity index (χ2v) is 10.2. The van der Waals surface area contributed by atoms with Crippen LogP contribution in [0.25, 0.3) is 16.6 Å². The number of ketones is 1. The van der Waals surface area contributed by atoms with Gasteiger partial charge in [0.25, 0.3) is 0 Å². The van der Waals surface area contributed by atoms with Crippen LogP contribution in [-0.2, 0) is 0 Å². The van der Waals surface area contributed by atoms with Gasteiger partial charge in [0.05, 0.1) is 40.1 Å². The molecule has 1 aromatic carbocycles. The van der Waals surface area contributed by atoms with Crippen molar-refractivity contribution < 1.29 is 23.4 Å².